The number of nitrogens with one attached hydrogen (secondary N) is 2. The van der Waals surface area contributed by atoms with Crippen LogP contribution in [0.25, 0.3) is 0 Å². The molecule has 2 aliphatic heterocycles. The molecule has 2 aromatic rings. The molecule has 188 valence electrons. The average molecular weight is 523 g/mol. The van der Waals surface area contributed by atoms with Gasteiger partial charge in [-0.25, -0.2) is 9.18 Å². The number of hydrogen-bond donors (Lipinski definition) is 2. The molecule has 0 radical (unpaired) electrons. The highest BCUT2D eigenvalue weighted by atomic mass is 32.1. The number of carbonyl (C=O) groups is 1. The van der Waals surface area contributed by atoms with Crippen LogP contribution in [0.3, 0.4) is 0 Å². The van der Waals surface area contributed by atoms with E-state index >= 15 is 4.39 Å². The molecule has 2 N–H and O–H groups in total. The molecule has 0 saturated carbocycles. The van der Waals surface area contributed by atoms with Gasteiger partial charge in [-0.3, -0.25) is 15.0 Å². The maximum absolute atomic E-state index is 15.1. The van der Waals surface area contributed by atoms with Crippen molar-refractivity contribution in [1.29, 1.82) is 0 Å². The van der Waals surface area contributed by atoms with E-state index in [4.69, 9.17) is 17.0 Å². The van der Waals surface area contributed by atoms with E-state index < -0.39 is 22.9 Å². The van der Waals surface area contributed by atoms with E-state index in [1.54, 1.807) is 18.2 Å². The summed E-state index contributed by atoms with van der Waals surface area (Å²) in [5, 5.41) is 18.5. The molecule has 2 saturated heterocycles. The number of benzene rings is 1. The summed E-state index contributed by atoms with van der Waals surface area (Å²) in [6, 6.07) is 8.20. The Labute approximate surface area is 211 Å². The fourth-order valence-corrected chi connectivity index (χ4v) is 5.22. The molecule has 3 heterocycles. The van der Waals surface area contributed by atoms with Gasteiger partial charge in [0.15, 0.2) is 5.11 Å². The molecule has 10 nitrogen and oxygen atoms in total. The number of halogens is 1. The highest BCUT2D eigenvalue weighted by Crippen LogP contribution is 2.33. The first kappa shape index (κ1) is 24.9. The maximum Gasteiger partial charge on any atom is 0.414 e. The van der Waals surface area contributed by atoms with Crippen LogP contribution in [0.5, 0.6) is 0 Å². The van der Waals surface area contributed by atoms with Crippen LogP contribution in [0.15, 0.2) is 30.3 Å². The van der Waals surface area contributed by atoms with Gasteiger partial charge in [-0.05, 0) is 61.7 Å². The van der Waals surface area contributed by atoms with Crippen molar-refractivity contribution in [2.75, 3.05) is 54.0 Å². The number of piperazine rings is 1. The second-order valence-corrected chi connectivity index (χ2v) is 10.1. The van der Waals surface area contributed by atoms with Crippen LogP contribution in [0.1, 0.15) is 13.8 Å². The minimum atomic E-state index is -0.523. The van der Waals surface area contributed by atoms with Gasteiger partial charge in [0.1, 0.15) is 11.9 Å². The third kappa shape index (κ3) is 5.90. The van der Waals surface area contributed by atoms with E-state index in [0.29, 0.717) is 55.8 Å². The number of carbonyl (C=O) groups excluding carboxylic acids is 1. The van der Waals surface area contributed by atoms with Gasteiger partial charge in [0, 0.05) is 38.3 Å². The van der Waals surface area contributed by atoms with Crippen LogP contribution in [0, 0.1) is 15.9 Å². The summed E-state index contributed by atoms with van der Waals surface area (Å²) in [4.78, 5) is 28.3. The Bertz CT molecular complexity index is 1110. The summed E-state index contributed by atoms with van der Waals surface area (Å²) < 4.78 is 20.5. The van der Waals surface area contributed by atoms with E-state index in [-0.39, 0.29) is 11.0 Å². The third-order valence-corrected chi connectivity index (χ3v) is 7.08. The fourth-order valence-electron chi connectivity index (χ4n) is 4.03. The van der Waals surface area contributed by atoms with Crippen molar-refractivity contribution in [3.8, 4) is 0 Å². The van der Waals surface area contributed by atoms with Crippen LogP contribution >= 0.6 is 23.6 Å². The molecular formula is C22H27FN6O4S2. The van der Waals surface area contributed by atoms with Crippen molar-refractivity contribution in [2.24, 2.45) is 0 Å². The van der Waals surface area contributed by atoms with E-state index in [9.17, 15) is 14.9 Å². The Kier molecular flexibility index (Phi) is 7.55. The Balaban J connectivity index is 1.33. The molecule has 2 aliphatic rings. The summed E-state index contributed by atoms with van der Waals surface area (Å²) >= 11 is 6.34. The average Bonchev–Trinajstić information content (AvgIpc) is 3.45. The van der Waals surface area contributed by atoms with Gasteiger partial charge in [-0.2, -0.15) is 0 Å². The molecule has 1 aromatic carbocycles. The minimum absolute atomic E-state index is 0.109. The summed E-state index contributed by atoms with van der Waals surface area (Å²) in [5.41, 5.74) is 0.896. The van der Waals surface area contributed by atoms with Crippen molar-refractivity contribution in [3.05, 3.63) is 46.3 Å². The largest absolute Gasteiger partial charge is 0.442 e. The van der Waals surface area contributed by atoms with Crippen LogP contribution < -0.4 is 25.3 Å². The van der Waals surface area contributed by atoms with Crippen LogP contribution in [-0.2, 0) is 4.74 Å². The van der Waals surface area contributed by atoms with Crippen molar-refractivity contribution < 1.29 is 18.8 Å². The van der Waals surface area contributed by atoms with Crippen molar-refractivity contribution in [1.82, 2.24) is 10.6 Å². The predicted octanol–water partition coefficient (Wildman–Crippen LogP) is 3.32. The number of amides is 1. The van der Waals surface area contributed by atoms with Crippen LogP contribution in [0.2, 0.25) is 0 Å². The summed E-state index contributed by atoms with van der Waals surface area (Å²) in [5.74, 6) is -0.417. The molecule has 13 heteroatoms. The molecular weight excluding hydrogens is 495 g/mol. The predicted molar refractivity (Wildman–Crippen MR) is 138 cm³/mol. The monoisotopic (exact) mass is 522 g/mol. The van der Waals surface area contributed by atoms with Crippen LogP contribution in [0.4, 0.5) is 30.6 Å². The normalized spacial score (nSPS) is 18.1. The standard InChI is InChI=1S/C22H27FN6O4S2/c1-14(2)25-21(34)24-12-16-13-28(22(30)33-16)15-3-4-18(17(23)11-15)26-7-9-27(10-8-26)19-5-6-20(35-19)29(31)32/h3-6,11,14,16H,7-10,12-13H2,1-2H3,(H2,24,25,34)/t16-/m0/s1. The highest BCUT2D eigenvalue weighted by molar-refractivity contribution is 7.80. The Morgan fingerprint density at radius 1 is 1.26 bits per heavy atom. The molecule has 4 rings (SSSR count). The number of nitro groups is 1. The minimum Gasteiger partial charge on any atom is -0.442 e. The second-order valence-electron chi connectivity index (χ2n) is 8.60. The number of thiocarbonyl (C=S) groups is 1. The molecule has 2 fully saturated rings. The quantitative estimate of drug-likeness (QED) is 0.322. The molecule has 0 spiro atoms. The van der Waals surface area contributed by atoms with Gasteiger partial charge < -0.3 is 25.2 Å². The first-order valence-electron chi connectivity index (χ1n) is 11.3. The molecule has 0 unspecified atom stereocenters. The van der Waals surface area contributed by atoms with E-state index in [1.165, 1.54) is 17.0 Å². The smallest absolute Gasteiger partial charge is 0.414 e. The topological polar surface area (TPSA) is 103 Å². The fraction of sp³-hybridized carbons (Fsp3) is 0.455. The summed E-state index contributed by atoms with van der Waals surface area (Å²) in [7, 11) is 0. The lowest BCUT2D eigenvalue weighted by Gasteiger charge is -2.36. The number of ether oxygens (including phenoxy) is 1. The lowest BCUT2D eigenvalue weighted by atomic mass is 10.2. The maximum atomic E-state index is 15.1. The molecule has 1 aromatic heterocycles. The van der Waals surface area contributed by atoms with Crippen molar-refractivity contribution in [2.45, 2.75) is 26.0 Å². The molecule has 1 amide bonds. The lowest BCUT2D eigenvalue weighted by Crippen LogP contribution is -2.46. The van der Waals surface area contributed by atoms with Crippen molar-refractivity contribution in [3.63, 3.8) is 0 Å². The SMILES string of the molecule is CC(C)NC(=S)NC[C@H]1CN(c2ccc(N3CCN(c4ccc([N+](=O)[O-])s4)CC3)c(F)c2)C(=O)O1. The second kappa shape index (κ2) is 10.6. The van der Waals surface area contributed by atoms with Gasteiger partial charge >= 0.3 is 11.1 Å². The molecule has 0 aliphatic carbocycles. The zero-order valence-electron chi connectivity index (χ0n) is 19.4. The van der Waals surface area contributed by atoms with Gasteiger partial charge in [0.2, 0.25) is 0 Å². The zero-order valence-corrected chi connectivity index (χ0v) is 21.0. The van der Waals surface area contributed by atoms with Gasteiger partial charge in [-0.1, -0.05) is 0 Å². The Morgan fingerprint density at radius 2 is 1.97 bits per heavy atom. The van der Waals surface area contributed by atoms with E-state index in [2.05, 4.69) is 15.5 Å². The molecule has 0 bridgehead atoms. The number of nitrogens with zero attached hydrogens (tertiary/aromatic N) is 4. The van der Waals surface area contributed by atoms with Gasteiger partial charge in [0.05, 0.1) is 34.4 Å². The zero-order chi connectivity index (χ0) is 25.1. The first-order chi connectivity index (χ1) is 16.7. The van der Waals surface area contributed by atoms with Crippen LogP contribution in [-0.4, -0.2) is 67.5 Å². The number of anilines is 3. The summed E-state index contributed by atoms with van der Waals surface area (Å²) in [6.45, 7) is 7.00. The van der Waals surface area contributed by atoms with Gasteiger partial charge in [0.25, 0.3) is 0 Å². The third-order valence-electron chi connectivity index (χ3n) is 5.72. The van der Waals surface area contributed by atoms with E-state index in [1.807, 2.05) is 18.7 Å². The number of hydrogen-bond acceptors (Lipinski definition) is 8. The van der Waals surface area contributed by atoms with Crippen molar-refractivity contribution >= 4 is 56.1 Å². The van der Waals surface area contributed by atoms with Gasteiger partial charge in [-0.15, -0.1) is 0 Å². The lowest BCUT2D eigenvalue weighted by molar-refractivity contribution is -0.380. The van der Waals surface area contributed by atoms with E-state index in [0.717, 1.165) is 16.3 Å². The summed E-state index contributed by atoms with van der Waals surface area (Å²) in [6.07, 6.45) is -0.927. The highest BCUT2D eigenvalue weighted by Gasteiger charge is 2.33. The number of cyclic esters (lactones) is 1. The Morgan fingerprint density at radius 3 is 2.60 bits per heavy atom. The first-order valence-corrected chi connectivity index (χ1v) is 12.5. The molecule has 35 heavy (non-hydrogen) atoms. The Hall–Kier alpha value is -3.19. The number of thiophene rings is 1. The molecule has 1 atom stereocenters. The number of rotatable bonds is 7.